The molecule has 1 heterocycles. The van der Waals surface area contributed by atoms with E-state index in [1.807, 2.05) is 6.07 Å². The molecule has 1 aliphatic carbocycles. The molecule has 1 aromatic rings. The lowest BCUT2D eigenvalue weighted by Crippen LogP contribution is -2.07. The number of hydrogen-bond acceptors (Lipinski definition) is 1. The van der Waals surface area contributed by atoms with E-state index in [1.54, 1.807) is 0 Å². The fourth-order valence-corrected chi connectivity index (χ4v) is 3.41. The lowest BCUT2D eigenvalue weighted by molar-refractivity contribution is 0.460. The van der Waals surface area contributed by atoms with E-state index in [0.717, 1.165) is 17.5 Å². The van der Waals surface area contributed by atoms with Crippen LogP contribution in [0, 0.1) is 5.92 Å². The van der Waals surface area contributed by atoms with Crippen molar-refractivity contribution >= 4 is 17.3 Å². The summed E-state index contributed by atoms with van der Waals surface area (Å²) in [5.74, 6) is 1.65. The molecule has 0 aromatic heterocycles. The minimum Gasteiger partial charge on any atom is -0.384 e. The first-order valence-electron chi connectivity index (χ1n) is 6.36. The fraction of sp³-hybridized carbons (Fsp3) is 0.571. The zero-order valence-corrected chi connectivity index (χ0v) is 10.3. The summed E-state index contributed by atoms with van der Waals surface area (Å²) in [7, 11) is 0. The Morgan fingerprint density at radius 1 is 1.25 bits per heavy atom. The molecule has 0 amide bonds. The Hall–Kier alpha value is -0.690. The monoisotopic (exact) mass is 235 g/mol. The van der Waals surface area contributed by atoms with Gasteiger partial charge in [0.2, 0.25) is 0 Å². The summed E-state index contributed by atoms with van der Waals surface area (Å²) < 4.78 is 0. The van der Waals surface area contributed by atoms with E-state index in [4.69, 9.17) is 11.6 Å². The van der Waals surface area contributed by atoms with Crippen LogP contribution in [0.3, 0.4) is 0 Å². The van der Waals surface area contributed by atoms with Crippen molar-refractivity contribution < 1.29 is 0 Å². The molecule has 1 unspecified atom stereocenters. The van der Waals surface area contributed by atoms with Crippen LogP contribution in [0.4, 0.5) is 5.69 Å². The van der Waals surface area contributed by atoms with Gasteiger partial charge in [-0.15, -0.1) is 0 Å². The molecule has 0 bridgehead atoms. The third-order valence-electron chi connectivity index (χ3n) is 4.08. The van der Waals surface area contributed by atoms with E-state index in [9.17, 15) is 0 Å². The van der Waals surface area contributed by atoms with Crippen molar-refractivity contribution in [1.29, 1.82) is 0 Å². The number of anilines is 1. The maximum absolute atomic E-state index is 6.08. The summed E-state index contributed by atoms with van der Waals surface area (Å²) in [6, 6.07) is 6.24. The molecule has 0 saturated heterocycles. The number of benzene rings is 1. The number of rotatable bonds is 2. The Morgan fingerprint density at radius 3 is 2.88 bits per heavy atom. The number of halogens is 1. The number of fused-ring (bicyclic) bond motifs is 1. The average Bonchev–Trinajstić information content (AvgIpc) is 2.90. The van der Waals surface area contributed by atoms with Crippen molar-refractivity contribution in [3.8, 4) is 0 Å². The van der Waals surface area contributed by atoms with Crippen molar-refractivity contribution in [2.75, 3.05) is 11.9 Å². The van der Waals surface area contributed by atoms with Gasteiger partial charge in [0.1, 0.15) is 0 Å². The van der Waals surface area contributed by atoms with Gasteiger partial charge in [-0.05, 0) is 36.1 Å². The van der Waals surface area contributed by atoms with Gasteiger partial charge in [-0.1, -0.05) is 37.3 Å². The standard InChI is InChI=1S/C14H18ClN/c15-12-5-6-14-13(8-12)11(9-16-14)7-10-3-1-2-4-10/h5-6,8,10-11,16H,1-4,7,9H2. The third-order valence-corrected chi connectivity index (χ3v) is 4.32. The van der Waals surface area contributed by atoms with Crippen molar-refractivity contribution in [3.63, 3.8) is 0 Å². The topological polar surface area (TPSA) is 12.0 Å². The Morgan fingerprint density at radius 2 is 2.06 bits per heavy atom. The van der Waals surface area contributed by atoms with Crippen LogP contribution in [0.1, 0.15) is 43.6 Å². The van der Waals surface area contributed by atoms with Crippen molar-refractivity contribution in [2.24, 2.45) is 5.92 Å². The molecule has 1 saturated carbocycles. The Balaban J connectivity index is 1.77. The first kappa shape index (κ1) is 10.5. The van der Waals surface area contributed by atoms with E-state index in [1.165, 1.54) is 43.4 Å². The van der Waals surface area contributed by atoms with Gasteiger partial charge < -0.3 is 5.32 Å². The van der Waals surface area contributed by atoms with Crippen molar-refractivity contribution in [2.45, 2.75) is 38.0 Å². The molecule has 0 radical (unpaired) electrons. The van der Waals surface area contributed by atoms with Gasteiger partial charge in [-0.2, -0.15) is 0 Å². The van der Waals surface area contributed by atoms with E-state index < -0.39 is 0 Å². The summed E-state index contributed by atoms with van der Waals surface area (Å²) >= 11 is 6.08. The van der Waals surface area contributed by atoms with Gasteiger partial charge in [0.05, 0.1) is 0 Å². The van der Waals surface area contributed by atoms with Gasteiger partial charge in [-0.3, -0.25) is 0 Å². The molecule has 1 nitrogen and oxygen atoms in total. The molecule has 16 heavy (non-hydrogen) atoms. The summed E-state index contributed by atoms with van der Waals surface area (Å²) in [6.45, 7) is 1.10. The van der Waals surface area contributed by atoms with Gasteiger partial charge in [0.15, 0.2) is 0 Å². The summed E-state index contributed by atoms with van der Waals surface area (Å²) in [5, 5.41) is 4.37. The van der Waals surface area contributed by atoms with Crippen LogP contribution < -0.4 is 5.32 Å². The molecule has 2 aliphatic rings. The third kappa shape index (κ3) is 1.93. The molecular weight excluding hydrogens is 218 g/mol. The number of nitrogens with one attached hydrogen (secondary N) is 1. The van der Waals surface area contributed by atoms with Gasteiger partial charge >= 0.3 is 0 Å². The highest BCUT2D eigenvalue weighted by Crippen LogP contribution is 2.40. The Labute approximate surface area is 102 Å². The summed E-state index contributed by atoms with van der Waals surface area (Å²) in [5.41, 5.74) is 2.74. The van der Waals surface area contributed by atoms with Gasteiger partial charge in [0, 0.05) is 23.2 Å². The minimum absolute atomic E-state index is 0.691. The molecular formula is C14H18ClN. The molecule has 1 N–H and O–H groups in total. The van der Waals surface area contributed by atoms with E-state index in [0.29, 0.717) is 5.92 Å². The van der Waals surface area contributed by atoms with Crippen molar-refractivity contribution in [1.82, 2.24) is 0 Å². The normalized spacial score (nSPS) is 24.4. The van der Waals surface area contributed by atoms with Crippen molar-refractivity contribution in [3.05, 3.63) is 28.8 Å². The van der Waals surface area contributed by atoms with Crippen LogP contribution in [-0.2, 0) is 0 Å². The number of hydrogen-bond donors (Lipinski definition) is 1. The van der Waals surface area contributed by atoms with Crippen LogP contribution in [0.15, 0.2) is 18.2 Å². The molecule has 1 atom stereocenters. The highest BCUT2D eigenvalue weighted by Gasteiger charge is 2.26. The van der Waals surface area contributed by atoms with Crippen LogP contribution in [0.5, 0.6) is 0 Å². The van der Waals surface area contributed by atoms with E-state index >= 15 is 0 Å². The molecule has 2 heteroatoms. The summed E-state index contributed by atoms with van der Waals surface area (Å²) in [6.07, 6.45) is 7.10. The first-order chi connectivity index (χ1) is 7.83. The second kappa shape index (κ2) is 4.29. The fourth-order valence-electron chi connectivity index (χ4n) is 3.23. The molecule has 0 spiro atoms. The Bertz CT molecular complexity index is 382. The lowest BCUT2D eigenvalue weighted by atomic mass is 9.89. The van der Waals surface area contributed by atoms with Gasteiger partial charge in [-0.25, -0.2) is 0 Å². The zero-order valence-electron chi connectivity index (χ0n) is 9.51. The quantitative estimate of drug-likeness (QED) is 0.800. The van der Waals surface area contributed by atoms with Crippen LogP contribution in [-0.4, -0.2) is 6.54 Å². The minimum atomic E-state index is 0.691. The molecule has 86 valence electrons. The zero-order chi connectivity index (χ0) is 11.0. The highest BCUT2D eigenvalue weighted by atomic mass is 35.5. The second-order valence-electron chi connectivity index (χ2n) is 5.20. The molecule has 1 fully saturated rings. The largest absolute Gasteiger partial charge is 0.384 e. The second-order valence-corrected chi connectivity index (χ2v) is 5.63. The lowest BCUT2D eigenvalue weighted by Gasteiger charge is -2.15. The van der Waals surface area contributed by atoms with E-state index in [-0.39, 0.29) is 0 Å². The Kier molecular flexibility index (Phi) is 2.81. The van der Waals surface area contributed by atoms with Crippen LogP contribution >= 0.6 is 11.6 Å². The smallest absolute Gasteiger partial charge is 0.0410 e. The predicted octanol–water partition coefficient (Wildman–Crippen LogP) is 4.43. The van der Waals surface area contributed by atoms with Crippen LogP contribution in [0.25, 0.3) is 0 Å². The molecule has 3 rings (SSSR count). The highest BCUT2D eigenvalue weighted by molar-refractivity contribution is 6.30. The molecule has 1 aromatic carbocycles. The predicted molar refractivity (Wildman–Crippen MR) is 69.3 cm³/mol. The molecule has 1 aliphatic heterocycles. The maximum atomic E-state index is 6.08. The first-order valence-corrected chi connectivity index (χ1v) is 6.74. The van der Waals surface area contributed by atoms with E-state index in [2.05, 4.69) is 17.4 Å². The van der Waals surface area contributed by atoms with Gasteiger partial charge in [0.25, 0.3) is 0 Å². The van der Waals surface area contributed by atoms with Crippen LogP contribution in [0.2, 0.25) is 5.02 Å². The maximum Gasteiger partial charge on any atom is 0.0410 e. The average molecular weight is 236 g/mol. The summed E-state index contributed by atoms with van der Waals surface area (Å²) in [4.78, 5) is 0. The SMILES string of the molecule is Clc1ccc2c(c1)C(CC1CCCC1)CN2.